The van der Waals surface area contributed by atoms with Crippen LogP contribution in [-0.4, -0.2) is 33.5 Å². The number of benzene rings is 1. The first-order valence-electron chi connectivity index (χ1n) is 5.95. The summed E-state index contributed by atoms with van der Waals surface area (Å²) >= 11 is 0. The van der Waals surface area contributed by atoms with E-state index >= 15 is 0 Å². The van der Waals surface area contributed by atoms with E-state index in [1.54, 1.807) is 0 Å². The Balaban J connectivity index is 2.14. The summed E-state index contributed by atoms with van der Waals surface area (Å²) < 4.78 is 5.10. The van der Waals surface area contributed by atoms with Gasteiger partial charge in [-0.1, -0.05) is 29.7 Å². The third-order valence-corrected chi connectivity index (χ3v) is 3.17. The van der Waals surface area contributed by atoms with Crippen molar-refractivity contribution in [1.29, 1.82) is 0 Å². The van der Waals surface area contributed by atoms with Crippen LogP contribution in [0.25, 0.3) is 0 Å². The van der Waals surface area contributed by atoms with Crippen molar-refractivity contribution < 1.29 is 9.53 Å². The van der Waals surface area contributed by atoms with Crippen molar-refractivity contribution >= 4 is 19.3 Å². The van der Waals surface area contributed by atoms with Gasteiger partial charge in [0.05, 0.1) is 12.5 Å². The molecule has 1 aromatic carbocycles. The van der Waals surface area contributed by atoms with Crippen LogP contribution in [0.15, 0.2) is 24.3 Å². The maximum atomic E-state index is 11.8. The molecule has 0 aliphatic carbocycles. The fourth-order valence-electron chi connectivity index (χ4n) is 2.27. The minimum atomic E-state index is -0.112. The molecule has 3 nitrogen and oxygen atoms in total. The van der Waals surface area contributed by atoms with E-state index in [2.05, 4.69) is 5.32 Å². The summed E-state index contributed by atoms with van der Waals surface area (Å²) in [5.74, 6) is -0.00690. The third kappa shape index (κ3) is 2.69. The highest BCUT2D eigenvalue weighted by Crippen LogP contribution is 2.28. The summed E-state index contributed by atoms with van der Waals surface area (Å²) in [7, 11) is 5.66. The molecule has 0 aromatic heterocycles. The monoisotopic (exact) mass is 229 g/mol. The molecule has 1 saturated heterocycles. The molecule has 17 heavy (non-hydrogen) atoms. The molecule has 1 N–H and O–H groups in total. The zero-order chi connectivity index (χ0) is 12.3. The van der Waals surface area contributed by atoms with Crippen molar-refractivity contribution in [1.82, 2.24) is 5.32 Å². The van der Waals surface area contributed by atoms with Crippen LogP contribution in [0.5, 0.6) is 0 Å². The van der Waals surface area contributed by atoms with Gasteiger partial charge >= 0.3 is 5.97 Å². The highest BCUT2D eigenvalue weighted by molar-refractivity contribution is 6.32. The Morgan fingerprint density at radius 1 is 1.41 bits per heavy atom. The smallest absolute Gasteiger partial charge is 0.310 e. The SMILES string of the molecule is [B]c1ccc([C@H]2CNC[C@@H]2C(=O)OCC)cc1. The lowest BCUT2D eigenvalue weighted by Crippen LogP contribution is -2.24. The summed E-state index contributed by atoms with van der Waals surface area (Å²) in [5, 5.41) is 3.24. The van der Waals surface area contributed by atoms with Gasteiger partial charge < -0.3 is 10.1 Å². The van der Waals surface area contributed by atoms with Crippen LogP contribution in [0.4, 0.5) is 0 Å². The maximum absolute atomic E-state index is 11.8. The Labute approximate surface area is 103 Å². The van der Waals surface area contributed by atoms with Crippen LogP contribution in [-0.2, 0) is 9.53 Å². The van der Waals surface area contributed by atoms with Crippen LogP contribution >= 0.6 is 0 Å². The number of carbonyl (C=O) groups is 1. The molecule has 1 fully saturated rings. The molecule has 2 atom stereocenters. The predicted octanol–water partition coefficient (Wildman–Crippen LogP) is 0.346. The molecule has 0 unspecified atom stereocenters. The molecule has 2 rings (SSSR count). The lowest BCUT2D eigenvalue weighted by Gasteiger charge is -2.17. The van der Waals surface area contributed by atoms with Gasteiger partial charge in [0.15, 0.2) is 0 Å². The van der Waals surface area contributed by atoms with Gasteiger partial charge in [-0.3, -0.25) is 4.79 Å². The molecule has 1 aromatic rings. The second-order valence-electron chi connectivity index (χ2n) is 4.29. The lowest BCUT2D eigenvalue weighted by molar-refractivity contribution is -0.147. The molecule has 1 aliphatic heterocycles. The first-order valence-corrected chi connectivity index (χ1v) is 5.95. The molecule has 0 saturated carbocycles. The number of esters is 1. The number of nitrogens with one attached hydrogen (secondary N) is 1. The van der Waals surface area contributed by atoms with E-state index in [1.807, 2.05) is 31.2 Å². The van der Waals surface area contributed by atoms with Crippen molar-refractivity contribution in [2.75, 3.05) is 19.7 Å². The van der Waals surface area contributed by atoms with E-state index in [9.17, 15) is 4.79 Å². The minimum absolute atomic E-state index is 0.0847. The Kier molecular flexibility index (Phi) is 3.84. The Bertz CT molecular complexity index is 391. The summed E-state index contributed by atoms with van der Waals surface area (Å²) in [5.41, 5.74) is 1.88. The van der Waals surface area contributed by atoms with Gasteiger partial charge in [-0.05, 0) is 12.5 Å². The molecule has 0 spiro atoms. The van der Waals surface area contributed by atoms with Crippen molar-refractivity contribution in [3.05, 3.63) is 29.8 Å². The van der Waals surface area contributed by atoms with E-state index in [4.69, 9.17) is 12.6 Å². The van der Waals surface area contributed by atoms with Gasteiger partial charge in [-0.25, -0.2) is 0 Å². The molecular formula is C13H16BNO2. The van der Waals surface area contributed by atoms with E-state index < -0.39 is 0 Å². The molecule has 1 heterocycles. The number of hydrogen-bond donors (Lipinski definition) is 1. The Hall–Kier alpha value is -1.29. The molecule has 88 valence electrons. The molecule has 4 heteroatoms. The summed E-state index contributed by atoms with van der Waals surface area (Å²) in [6.45, 7) is 3.77. The number of hydrogen-bond acceptors (Lipinski definition) is 3. The number of carbonyl (C=O) groups excluding carboxylic acids is 1. The third-order valence-electron chi connectivity index (χ3n) is 3.17. The fraction of sp³-hybridized carbons (Fsp3) is 0.462. The van der Waals surface area contributed by atoms with Gasteiger partial charge in [-0.2, -0.15) is 0 Å². The quantitative estimate of drug-likeness (QED) is 0.600. The first-order chi connectivity index (χ1) is 8.22. The minimum Gasteiger partial charge on any atom is -0.466 e. The molecule has 1 aliphatic rings. The van der Waals surface area contributed by atoms with Crippen molar-refractivity contribution in [3.63, 3.8) is 0 Å². The zero-order valence-corrected chi connectivity index (χ0v) is 9.98. The zero-order valence-electron chi connectivity index (χ0n) is 9.98. The second kappa shape index (κ2) is 5.36. The normalized spacial score (nSPS) is 23.6. The molecule has 0 bridgehead atoms. The van der Waals surface area contributed by atoms with Crippen molar-refractivity contribution in [3.8, 4) is 0 Å². The topological polar surface area (TPSA) is 38.3 Å². The molecule has 0 amide bonds. The Morgan fingerprint density at radius 2 is 2.12 bits per heavy atom. The molecular weight excluding hydrogens is 213 g/mol. The standard InChI is InChI=1S/C13H16BNO2/c1-2-17-13(16)12-8-15-7-11(12)9-3-5-10(14)6-4-9/h3-6,11-12,15H,2,7-8H2,1H3/t11-,12+/m1/s1. The van der Waals surface area contributed by atoms with Gasteiger partial charge in [-0.15, -0.1) is 0 Å². The van der Waals surface area contributed by atoms with Gasteiger partial charge in [0.2, 0.25) is 0 Å². The lowest BCUT2D eigenvalue weighted by atomic mass is 9.86. The highest BCUT2D eigenvalue weighted by atomic mass is 16.5. The second-order valence-corrected chi connectivity index (χ2v) is 4.29. The van der Waals surface area contributed by atoms with Crippen LogP contribution in [0, 0.1) is 5.92 Å². The van der Waals surface area contributed by atoms with E-state index in [0.29, 0.717) is 13.2 Å². The Morgan fingerprint density at radius 3 is 2.76 bits per heavy atom. The number of ether oxygens (including phenoxy) is 1. The first kappa shape index (κ1) is 12.2. The molecule has 2 radical (unpaired) electrons. The van der Waals surface area contributed by atoms with Crippen LogP contribution in [0.2, 0.25) is 0 Å². The highest BCUT2D eigenvalue weighted by Gasteiger charge is 2.34. The fourth-order valence-corrected chi connectivity index (χ4v) is 2.27. The summed E-state index contributed by atoms with van der Waals surface area (Å²) in [4.78, 5) is 11.8. The summed E-state index contributed by atoms with van der Waals surface area (Å²) in [6.07, 6.45) is 0. The van der Waals surface area contributed by atoms with Gasteiger partial charge in [0.1, 0.15) is 7.85 Å². The number of rotatable bonds is 3. The van der Waals surface area contributed by atoms with E-state index in [1.165, 1.54) is 0 Å². The van der Waals surface area contributed by atoms with E-state index in [-0.39, 0.29) is 17.8 Å². The van der Waals surface area contributed by atoms with Crippen molar-refractivity contribution in [2.45, 2.75) is 12.8 Å². The van der Waals surface area contributed by atoms with E-state index in [0.717, 1.165) is 17.6 Å². The van der Waals surface area contributed by atoms with Crippen LogP contribution in [0.3, 0.4) is 0 Å². The maximum Gasteiger partial charge on any atom is 0.310 e. The van der Waals surface area contributed by atoms with Crippen LogP contribution in [0.1, 0.15) is 18.4 Å². The van der Waals surface area contributed by atoms with Crippen molar-refractivity contribution in [2.24, 2.45) is 5.92 Å². The van der Waals surface area contributed by atoms with Gasteiger partial charge in [0, 0.05) is 19.0 Å². The van der Waals surface area contributed by atoms with Crippen LogP contribution < -0.4 is 10.8 Å². The predicted molar refractivity (Wildman–Crippen MR) is 67.6 cm³/mol. The van der Waals surface area contributed by atoms with Gasteiger partial charge in [0.25, 0.3) is 0 Å². The average molecular weight is 229 g/mol. The average Bonchev–Trinajstić information content (AvgIpc) is 2.79. The largest absolute Gasteiger partial charge is 0.466 e. The summed E-state index contributed by atoms with van der Waals surface area (Å²) in [6, 6.07) is 7.71.